The van der Waals surface area contributed by atoms with E-state index in [1.165, 1.54) is 0 Å². The maximum absolute atomic E-state index is 10.6. The van der Waals surface area contributed by atoms with E-state index in [0.29, 0.717) is 12.3 Å². The Morgan fingerprint density at radius 2 is 1.90 bits per heavy atom. The number of carbonyl (C=O) groups is 1. The molecule has 0 spiro atoms. The van der Waals surface area contributed by atoms with Crippen LogP contribution in [0.5, 0.6) is 0 Å². The van der Waals surface area contributed by atoms with Crippen molar-refractivity contribution in [3.63, 3.8) is 0 Å². The van der Waals surface area contributed by atoms with Crippen LogP contribution in [0.3, 0.4) is 0 Å². The van der Waals surface area contributed by atoms with Gasteiger partial charge < -0.3 is 0 Å². The van der Waals surface area contributed by atoms with Gasteiger partial charge in [-0.15, -0.1) is 12.6 Å². The van der Waals surface area contributed by atoms with Gasteiger partial charge in [0.25, 0.3) is 0 Å². The highest BCUT2D eigenvalue weighted by Gasteiger charge is 2.20. The Labute approximate surface area is 68.6 Å². The van der Waals surface area contributed by atoms with Crippen LogP contribution in [0.25, 0.3) is 0 Å². The highest BCUT2D eigenvalue weighted by atomic mass is 32.1. The summed E-state index contributed by atoms with van der Waals surface area (Å²) in [4.78, 5) is 10.6. The molecular weight excluding hydrogens is 144 g/mol. The van der Waals surface area contributed by atoms with Gasteiger partial charge in [-0.1, -0.05) is 27.7 Å². The van der Waals surface area contributed by atoms with Crippen LogP contribution in [0.2, 0.25) is 0 Å². The van der Waals surface area contributed by atoms with Crippen molar-refractivity contribution in [2.75, 3.05) is 0 Å². The third kappa shape index (κ3) is 3.94. The molecule has 0 saturated carbocycles. The summed E-state index contributed by atoms with van der Waals surface area (Å²) < 4.78 is 0. The van der Waals surface area contributed by atoms with E-state index < -0.39 is 0 Å². The zero-order chi connectivity index (χ0) is 8.36. The highest BCUT2D eigenvalue weighted by Crippen LogP contribution is 2.28. The van der Waals surface area contributed by atoms with Gasteiger partial charge in [0.1, 0.15) is 0 Å². The second kappa shape index (κ2) is 3.42. The van der Waals surface area contributed by atoms with E-state index >= 15 is 0 Å². The summed E-state index contributed by atoms with van der Waals surface area (Å²) in [5.41, 5.74) is 0.221. The molecule has 0 aromatic carbocycles. The topological polar surface area (TPSA) is 17.1 Å². The summed E-state index contributed by atoms with van der Waals surface area (Å²) >= 11 is 3.73. The van der Waals surface area contributed by atoms with Crippen LogP contribution in [0.1, 0.15) is 34.1 Å². The van der Waals surface area contributed by atoms with Crippen LogP contribution >= 0.6 is 12.6 Å². The fourth-order valence-electron chi connectivity index (χ4n) is 0.568. The van der Waals surface area contributed by atoms with Gasteiger partial charge in [0.2, 0.25) is 0 Å². The molecule has 1 unspecified atom stereocenters. The zero-order valence-corrected chi connectivity index (χ0v) is 8.03. The van der Waals surface area contributed by atoms with Gasteiger partial charge in [0.15, 0.2) is 5.12 Å². The Morgan fingerprint density at radius 3 is 2.00 bits per heavy atom. The Bertz CT molecular complexity index is 124. The molecule has 0 N–H and O–H groups in total. The van der Waals surface area contributed by atoms with Crippen LogP contribution in [-0.4, -0.2) is 5.12 Å². The van der Waals surface area contributed by atoms with E-state index in [1.54, 1.807) is 0 Å². The molecule has 10 heavy (non-hydrogen) atoms. The van der Waals surface area contributed by atoms with Gasteiger partial charge >= 0.3 is 0 Å². The van der Waals surface area contributed by atoms with Gasteiger partial charge in [0.05, 0.1) is 0 Å². The van der Waals surface area contributed by atoms with Crippen LogP contribution in [0.4, 0.5) is 0 Å². The summed E-state index contributed by atoms with van der Waals surface area (Å²) in [6.07, 6.45) is 0.576. The number of carbonyl (C=O) groups excluding carboxylic acids is 1. The van der Waals surface area contributed by atoms with Crippen molar-refractivity contribution in [1.82, 2.24) is 0 Å². The van der Waals surface area contributed by atoms with Crippen molar-refractivity contribution in [2.24, 2.45) is 11.3 Å². The predicted molar refractivity (Wildman–Crippen MR) is 47.2 cm³/mol. The maximum Gasteiger partial charge on any atom is 0.186 e. The predicted octanol–water partition coefficient (Wildman–Crippen LogP) is 2.52. The maximum atomic E-state index is 10.6. The molecule has 0 aromatic rings. The number of hydrogen-bond acceptors (Lipinski definition) is 1. The minimum atomic E-state index is -0.0116. The molecule has 1 nitrogen and oxygen atoms in total. The molecule has 0 radical (unpaired) electrons. The highest BCUT2D eigenvalue weighted by molar-refractivity contribution is 7.96. The first-order valence-electron chi connectivity index (χ1n) is 3.56. The first kappa shape index (κ1) is 10.0. The van der Waals surface area contributed by atoms with E-state index in [9.17, 15) is 4.79 Å². The number of rotatable bonds is 2. The van der Waals surface area contributed by atoms with Crippen molar-refractivity contribution >= 4 is 17.7 Å². The lowest BCUT2D eigenvalue weighted by molar-refractivity contribution is -0.112. The number of thiol groups is 1. The summed E-state index contributed by atoms with van der Waals surface area (Å²) in [5.74, 6) is 0.414. The van der Waals surface area contributed by atoms with Gasteiger partial charge in [-0.3, -0.25) is 4.79 Å². The Kier molecular flexibility index (Phi) is 3.43. The molecule has 0 fully saturated rings. The minimum absolute atomic E-state index is 0.0116. The molecule has 1 atom stereocenters. The Morgan fingerprint density at radius 1 is 1.50 bits per heavy atom. The second-order valence-electron chi connectivity index (χ2n) is 3.86. The van der Waals surface area contributed by atoms with Gasteiger partial charge in [-0.2, -0.15) is 0 Å². The molecule has 0 rings (SSSR count). The molecule has 2 heteroatoms. The van der Waals surface area contributed by atoms with Gasteiger partial charge in [0, 0.05) is 6.42 Å². The standard InChI is InChI=1S/C8H16OS/c1-6(5-7(9)10)8(2,3)4/h6H,5H2,1-4H3,(H,9,10). The van der Waals surface area contributed by atoms with Gasteiger partial charge in [-0.05, 0) is 11.3 Å². The van der Waals surface area contributed by atoms with E-state index in [2.05, 4.69) is 40.3 Å². The van der Waals surface area contributed by atoms with Crippen LogP contribution in [0, 0.1) is 11.3 Å². The molecule has 60 valence electrons. The first-order chi connectivity index (χ1) is 4.34. The van der Waals surface area contributed by atoms with Crippen molar-refractivity contribution in [3.05, 3.63) is 0 Å². The monoisotopic (exact) mass is 160 g/mol. The van der Waals surface area contributed by atoms with Crippen LogP contribution in [0.15, 0.2) is 0 Å². The average Bonchev–Trinajstić information content (AvgIpc) is 1.60. The van der Waals surface area contributed by atoms with Crippen molar-refractivity contribution in [1.29, 1.82) is 0 Å². The fraction of sp³-hybridized carbons (Fsp3) is 0.875. The SMILES string of the molecule is CC(CC(=O)S)C(C)(C)C. The molecule has 0 heterocycles. The van der Waals surface area contributed by atoms with Crippen molar-refractivity contribution in [2.45, 2.75) is 34.1 Å². The molecule has 0 aliphatic heterocycles. The lowest BCUT2D eigenvalue weighted by Gasteiger charge is -2.25. The van der Waals surface area contributed by atoms with E-state index in [-0.39, 0.29) is 10.5 Å². The third-order valence-corrected chi connectivity index (χ3v) is 2.14. The largest absolute Gasteiger partial charge is 0.287 e. The quantitative estimate of drug-likeness (QED) is 0.614. The normalized spacial score (nSPS) is 14.9. The van der Waals surface area contributed by atoms with E-state index in [1.807, 2.05) is 0 Å². The average molecular weight is 160 g/mol. The van der Waals surface area contributed by atoms with Crippen molar-refractivity contribution in [3.8, 4) is 0 Å². The summed E-state index contributed by atoms with van der Waals surface area (Å²) in [5, 5.41) is -0.0116. The molecule has 0 aromatic heterocycles. The minimum Gasteiger partial charge on any atom is -0.287 e. The summed E-state index contributed by atoms with van der Waals surface area (Å²) in [6.45, 7) is 8.48. The summed E-state index contributed by atoms with van der Waals surface area (Å²) in [6, 6.07) is 0. The number of hydrogen-bond donors (Lipinski definition) is 1. The fourth-order valence-corrected chi connectivity index (χ4v) is 0.842. The second-order valence-corrected chi connectivity index (χ2v) is 4.36. The lowest BCUT2D eigenvalue weighted by atomic mass is 9.80. The molecule has 0 amide bonds. The molecule has 0 aliphatic carbocycles. The lowest BCUT2D eigenvalue weighted by Crippen LogP contribution is -2.18. The molecule has 0 aliphatic rings. The van der Waals surface area contributed by atoms with Gasteiger partial charge in [-0.25, -0.2) is 0 Å². The van der Waals surface area contributed by atoms with Crippen LogP contribution < -0.4 is 0 Å². The Hall–Kier alpha value is 0.0200. The summed E-state index contributed by atoms with van der Waals surface area (Å²) in [7, 11) is 0. The third-order valence-electron chi connectivity index (χ3n) is 1.96. The Balaban J connectivity index is 3.85. The van der Waals surface area contributed by atoms with Crippen LogP contribution in [-0.2, 0) is 4.79 Å². The van der Waals surface area contributed by atoms with E-state index in [4.69, 9.17) is 0 Å². The van der Waals surface area contributed by atoms with E-state index in [0.717, 1.165) is 0 Å². The molecular formula is C8H16OS. The van der Waals surface area contributed by atoms with Crippen molar-refractivity contribution < 1.29 is 4.79 Å². The molecule has 0 saturated heterocycles. The molecule has 0 bridgehead atoms. The zero-order valence-electron chi connectivity index (χ0n) is 7.14. The smallest absolute Gasteiger partial charge is 0.186 e. The first-order valence-corrected chi connectivity index (χ1v) is 4.00.